The van der Waals surface area contributed by atoms with Gasteiger partial charge in [0.2, 0.25) is 5.89 Å². The highest BCUT2D eigenvalue weighted by Gasteiger charge is 2.08. The fraction of sp³-hybridized carbons (Fsp3) is 0.0870. The molecule has 0 saturated carbocycles. The Morgan fingerprint density at radius 2 is 1.37 bits per heavy atom. The summed E-state index contributed by atoms with van der Waals surface area (Å²) in [5, 5.41) is 0. The van der Waals surface area contributed by atoms with Gasteiger partial charge in [-0.25, -0.2) is 4.98 Å². The van der Waals surface area contributed by atoms with Crippen LogP contribution in [0, 0.1) is 0 Å². The van der Waals surface area contributed by atoms with Gasteiger partial charge in [-0.1, -0.05) is 42.5 Å². The normalized spacial score (nSPS) is 10.6. The van der Waals surface area contributed by atoms with E-state index in [1.54, 1.807) is 13.4 Å². The number of hydrogen-bond acceptors (Lipinski definition) is 4. The molecule has 4 rings (SSSR count). The molecule has 0 aliphatic carbocycles. The van der Waals surface area contributed by atoms with E-state index >= 15 is 0 Å². The van der Waals surface area contributed by atoms with E-state index in [-0.39, 0.29) is 0 Å². The lowest BCUT2D eigenvalue weighted by Gasteiger charge is -2.06. The molecule has 3 aromatic carbocycles. The Hall–Kier alpha value is -3.53. The van der Waals surface area contributed by atoms with Gasteiger partial charge in [-0.3, -0.25) is 0 Å². The van der Waals surface area contributed by atoms with Crippen molar-refractivity contribution < 1.29 is 13.9 Å². The Balaban J connectivity index is 1.39. The van der Waals surface area contributed by atoms with Crippen LogP contribution in [0.4, 0.5) is 0 Å². The fourth-order valence-electron chi connectivity index (χ4n) is 2.77. The molecule has 0 saturated heterocycles. The summed E-state index contributed by atoms with van der Waals surface area (Å²) in [5.41, 5.74) is 3.98. The van der Waals surface area contributed by atoms with E-state index in [9.17, 15) is 0 Å². The largest absolute Gasteiger partial charge is 0.497 e. The van der Waals surface area contributed by atoms with E-state index in [0.29, 0.717) is 12.5 Å². The third-order valence-electron chi connectivity index (χ3n) is 4.24. The predicted molar refractivity (Wildman–Crippen MR) is 105 cm³/mol. The molecule has 1 aromatic heterocycles. The lowest BCUT2D eigenvalue weighted by Crippen LogP contribution is -1.95. The van der Waals surface area contributed by atoms with Gasteiger partial charge in [-0.2, -0.15) is 0 Å². The van der Waals surface area contributed by atoms with Gasteiger partial charge < -0.3 is 13.9 Å². The van der Waals surface area contributed by atoms with Crippen LogP contribution in [0.3, 0.4) is 0 Å². The predicted octanol–water partition coefficient (Wildman–Crippen LogP) is 5.60. The lowest BCUT2D eigenvalue weighted by molar-refractivity contribution is 0.301. The molecule has 1 heterocycles. The molecule has 0 aliphatic heterocycles. The number of hydrogen-bond donors (Lipinski definition) is 0. The zero-order chi connectivity index (χ0) is 18.5. The highest BCUT2D eigenvalue weighted by atomic mass is 16.5. The van der Waals surface area contributed by atoms with Crippen molar-refractivity contribution in [2.24, 2.45) is 0 Å². The summed E-state index contributed by atoms with van der Waals surface area (Å²) in [6.45, 7) is 0.352. The Kier molecular flexibility index (Phi) is 4.88. The third-order valence-corrected chi connectivity index (χ3v) is 4.24. The second-order valence-corrected chi connectivity index (χ2v) is 6.05. The maximum Gasteiger partial charge on any atom is 0.226 e. The average molecular weight is 357 g/mol. The first-order chi connectivity index (χ1) is 13.3. The second kappa shape index (κ2) is 7.79. The molecule has 0 N–H and O–H groups in total. The highest BCUT2D eigenvalue weighted by Crippen LogP contribution is 2.24. The Labute approximate surface area is 158 Å². The molecule has 4 aromatic rings. The van der Waals surface area contributed by atoms with Crippen LogP contribution in [-0.4, -0.2) is 12.1 Å². The summed E-state index contributed by atoms with van der Waals surface area (Å²) in [6.07, 6.45) is 1.62. The summed E-state index contributed by atoms with van der Waals surface area (Å²) >= 11 is 0. The molecule has 0 amide bonds. The van der Waals surface area contributed by atoms with Gasteiger partial charge in [0.05, 0.1) is 7.11 Å². The monoisotopic (exact) mass is 357 g/mol. The molecule has 27 heavy (non-hydrogen) atoms. The summed E-state index contributed by atoms with van der Waals surface area (Å²) in [5.74, 6) is 2.16. The number of methoxy groups -OCH3 is 1. The van der Waals surface area contributed by atoms with Crippen molar-refractivity contribution in [1.82, 2.24) is 4.98 Å². The van der Waals surface area contributed by atoms with Crippen molar-refractivity contribution in [3.05, 3.63) is 90.8 Å². The maximum atomic E-state index is 5.83. The Morgan fingerprint density at radius 1 is 0.741 bits per heavy atom. The van der Waals surface area contributed by atoms with E-state index < -0.39 is 0 Å². The number of benzene rings is 3. The van der Waals surface area contributed by atoms with Crippen molar-refractivity contribution in [1.29, 1.82) is 0 Å². The molecule has 0 spiro atoms. The van der Waals surface area contributed by atoms with Gasteiger partial charge in [0, 0.05) is 5.56 Å². The minimum absolute atomic E-state index is 0.352. The average Bonchev–Trinajstić information content (AvgIpc) is 3.22. The maximum absolute atomic E-state index is 5.83. The molecule has 0 bridgehead atoms. The number of ether oxygens (including phenoxy) is 2. The standard InChI is InChI=1S/C23H19NO3/c1-25-21-11-9-19(10-12-21)23-24-20(16-27-23)15-26-22-13-7-18(8-14-22)17-5-3-2-4-6-17/h2-14,16H,15H2,1H3. The van der Waals surface area contributed by atoms with E-state index in [4.69, 9.17) is 13.9 Å². The van der Waals surface area contributed by atoms with Crippen molar-refractivity contribution in [3.8, 4) is 34.1 Å². The Bertz CT molecular complexity index is 990. The molecule has 0 aliphatic rings. The fourth-order valence-corrected chi connectivity index (χ4v) is 2.77. The van der Waals surface area contributed by atoms with Gasteiger partial charge in [0.15, 0.2) is 0 Å². The van der Waals surface area contributed by atoms with Crippen LogP contribution in [0.2, 0.25) is 0 Å². The topological polar surface area (TPSA) is 44.5 Å². The van der Waals surface area contributed by atoms with E-state index in [0.717, 1.165) is 28.3 Å². The van der Waals surface area contributed by atoms with Crippen LogP contribution >= 0.6 is 0 Å². The molecule has 0 radical (unpaired) electrons. The third kappa shape index (κ3) is 4.01. The van der Waals surface area contributed by atoms with Crippen LogP contribution in [-0.2, 0) is 6.61 Å². The first-order valence-corrected chi connectivity index (χ1v) is 8.69. The van der Waals surface area contributed by atoms with Crippen LogP contribution in [0.5, 0.6) is 11.5 Å². The smallest absolute Gasteiger partial charge is 0.226 e. The van der Waals surface area contributed by atoms with Crippen molar-refractivity contribution in [3.63, 3.8) is 0 Å². The number of rotatable bonds is 6. The molecular weight excluding hydrogens is 338 g/mol. The zero-order valence-corrected chi connectivity index (χ0v) is 15.0. The Morgan fingerprint density at radius 3 is 2.07 bits per heavy atom. The molecule has 0 fully saturated rings. The van der Waals surface area contributed by atoms with E-state index in [1.807, 2.05) is 54.6 Å². The van der Waals surface area contributed by atoms with Gasteiger partial charge >= 0.3 is 0 Å². The number of nitrogens with zero attached hydrogens (tertiary/aromatic N) is 1. The second-order valence-electron chi connectivity index (χ2n) is 6.05. The molecule has 134 valence electrons. The van der Waals surface area contributed by atoms with Gasteiger partial charge in [0.1, 0.15) is 30.1 Å². The van der Waals surface area contributed by atoms with Crippen LogP contribution in [0.25, 0.3) is 22.6 Å². The van der Waals surface area contributed by atoms with Gasteiger partial charge in [0.25, 0.3) is 0 Å². The molecule has 4 nitrogen and oxygen atoms in total. The molecule has 0 unspecified atom stereocenters. The summed E-state index contributed by atoms with van der Waals surface area (Å²) < 4.78 is 16.5. The minimum Gasteiger partial charge on any atom is -0.497 e. The summed E-state index contributed by atoms with van der Waals surface area (Å²) in [4.78, 5) is 4.48. The summed E-state index contributed by atoms with van der Waals surface area (Å²) in [7, 11) is 1.64. The minimum atomic E-state index is 0.352. The molecule has 4 heteroatoms. The van der Waals surface area contributed by atoms with Gasteiger partial charge in [-0.05, 0) is 47.5 Å². The van der Waals surface area contributed by atoms with Crippen molar-refractivity contribution in [2.75, 3.05) is 7.11 Å². The summed E-state index contributed by atoms with van der Waals surface area (Å²) in [6, 6.07) is 25.9. The number of oxazole rings is 1. The first-order valence-electron chi connectivity index (χ1n) is 8.69. The van der Waals surface area contributed by atoms with Crippen LogP contribution < -0.4 is 9.47 Å². The van der Waals surface area contributed by atoms with E-state index in [1.165, 1.54) is 5.56 Å². The quantitative estimate of drug-likeness (QED) is 0.451. The van der Waals surface area contributed by atoms with E-state index in [2.05, 4.69) is 29.2 Å². The highest BCUT2D eigenvalue weighted by molar-refractivity contribution is 5.63. The van der Waals surface area contributed by atoms with Crippen LogP contribution in [0.1, 0.15) is 5.69 Å². The SMILES string of the molecule is COc1ccc(-c2nc(COc3ccc(-c4ccccc4)cc3)co2)cc1. The molecule has 0 atom stereocenters. The molecular formula is C23H19NO3. The van der Waals surface area contributed by atoms with Gasteiger partial charge in [-0.15, -0.1) is 0 Å². The van der Waals surface area contributed by atoms with Crippen molar-refractivity contribution >= 4 is 0 Å². The zero-order valence-electron chi connectivity index (χ0n) is 15.0. The van der Waals surface area contributed by atoms with Crippen LogP contribution in [0.15, 0.2) is 89.5 Å². The number of aromatic nitrogens is 1. The lowest BCUT2D eigenvalue weighted by atomic mass is 10.1. The van der Waals surface area contributed by atoms with Crippen molar-refractivity contribution in [2.45, 2.75) is 6.61 Å². The first kappa shape index (κ1) is 16.9.